The lowest BCUT2D eigenvalue weighted by Crippen LogP contribution is -2.06. The normalized spacial score (nSPS) is 20.0. The van der Waals surface area contributed by atoms with E-state index in [4.69, 9.17) is 12.2 Å². The fraction of sp³-hybridized carbons (Fsp3) is 0.533. The summed E-state index contributed by atoms with van der Waals surface area (Å²) in [5, 5.41) is 7.30. The van der Waals surface area contributed by atoms with Crippen LogP contribution in [0.3, 0.4) is 0 Å². The molecule has 0 aromatic carbocycles. The third-order valence-corrected chi connectivity index (χ3v) is 5.69. The monoisotopic (exact) mass is 288 g/mol. The SMILES string of the molecule is CC1(C)C(Cn2c(-c3ccncc3)n[nH]c2=S)C1(C)C. The second-order valence-corrected chi connectivity index (χ2v) is 7.08. The van der Waals surface area contributed by atoms with Crippen LogP contribution in [0.15, 0.2) is 24.5 Å². The Labute approximate surface area is 124 Å². The van der Waals surface area contributed by atoms with Gasteiger partial charge >= 0.3 is 0 Å². The lowest BCUT2D eigenvalue weighted by atomic mass is 10.0. The summed E-state index contributed by atoms with van der Waals surface area (Å²) in [6.07, 6.45) is 3.56. The fourth-order valence-electron chi connectivity index (χ4n) is 3.18. The maximum atomic E-state index is 5.40. The van der Waals surface area contributed by atoms with Gasteiger partial charge in [0.25, 0.3) is 0 Å². The third kappa shape index (κ3) is 1.84. The van der Waals surface area contributed by atoms with Crippen molar-refractivity contribution in [2.24, 2.45) is 16.7 Å². The first-order valence-corrected chi connectivity index (χ1v) is 7.32. The standard InChI is InChI=1S/C15H20N4S/c1-14(2)11(15(14,3)4)9-19-12(17-18-13(19)20)10-5-7-16-8-6-10/h5-8,11H,9H2,1-4H3,(H,18,20). The fourth-order valence-corrected chi connectivity index (χ4v) is 3.39. The van der Waals surface area contributed by atoms with Gasteiger partial charge in [0.1, 0.15) is 0 Å². The molecule has 1 N–H and O–H groups in total. The van der Waals surface area contributed by atoms with Gasteiger partial charge in [-0.25, -0.2) is 0 Å². The molecule has 0 atom stereocenters. The smallest absolute Gasteiger partial charge is 0.195 e. The molecule has 1 aliphatic carbocycles. The molecule has 20 heavy (non-hydrogen) atoms. The molecule has 0 unspecified atom stereocenters. The molecule has 2 aromatic rings. The van der Waals surface area contributed by atoms with E-state index in [1.54, 1.807) is 12.4 Å². The van der Waals surface area contributed by atoms with Crippen molar-refractivity contribution in [3.05, 3.63) is 29.3 Å². The minimum absolute atomic E-state index is 0.342. The topological polar surface area (TPSA) is 46.5 Å². The molecule has 0 radical (unpaired) electrons. The minimum atomic E-state index is 0.342. The number of aromatic nitrogens is 4. The van der Waals surface area contributed by atoms with Crippen LogP contribution >= 0.6 is 12.2 Å². The average molecular weight is 288 g/mol. The van der Waals surface area contributed by atoms with Crippen LogP contribution in [0.25, 0.3) is 11.4 Å². The van der Waals surface area contributed by atoms with Crippen molar-refractivity contribution in [3.8, 4) is 11.4 Å². The lowest BCUT2D eigenvalue weighted by molar-refractivity contribution is 0.457. The molecule has 1 saturated carbocycles. The van der Waals surface area contributed by atoms with Crippen LogP contribution in [0.5, 0.6) is 0 Å². The van der Waals surface area contributed by atoms with Gasteiger partial charge in [-0.15, -0.1) is 0 Å². The molecule has 0 spiro atoms. The second-order valence-electron chi connectivity index (χ2n) is 6.69. The zero-order valence-electron chi connectivity index (χ0n) is 12.3. The van der Waals surface area contributed by atoms with Crippen molar-refractivity contribution in [2.75, 3.05) is 0 Å². The molecule has 1 fully saturated rings. The van der Waals surface area contributed by atoms with Crippen molar-refractivity contribution < 1.29 is 0 Å². The molecule has 1 aliphatic rings. The Morgan fingerprint density at radius 2 is 1.80 bits per heavy atom. The molecule has 0 aliphatic heterocycles. The van der Waals surface area contributed by atoms with E-state index in [9.17, 15) is 0 Å². The zero-order valence-corrected chi connectivity index (χ0v) is 13.2. The predicted octanol–water partition coefficient (Wildman–Crippen LogP) is 3.68. The Hall–Kier alpha value is -1.49. The molecule has 0 bridgehead atoms. The Morgan fingerprint density at radius 1 is 1.20 bits per heavy atom. The van der Waals surface area contributed by atoms with Crippen molar-refractivity contribution in [1.82, 2.24) is 19.7 Å². The number of rotatable bonds is 3. The third-order valence-electron chi connectivity index (χ3n) is 5.38. The van der Waals surface area contributed by atoms with Crippen LogP contribution < -0.4 is 0 Å². The van der Waals surface area contributed by atoms with Crippen LogP contribution in [0.1, 0.15) is 27.7 Å². The highest BCUT2D eigenvalue weighted by molar-refractivity contribution is 7.71. The first kappa shape index (κ1) is 13.5. The maximum absolute atomic E-state index is 5.40. The number of hydrogen-bond donors (Lipinski definition) is 1. The highest BCUT2D eigenvalue weighted by Gasteiger charge is 2.64. The van der Waals surface area contributed by atoms with E-state index in [1.807, 2.05) is 12.1 Å². The van der Waals surface area contributed by atoms with Crippen LogP contribution in [0, 0.1) is 21.5 Å². The highest BCUT2D eigenvalue weighted by Crippen LogP contribution is 2.68. The second kappa shape index (κ2) is 4.25. The van der Waals surface area contributed by atoms with Gasteiger partial charge < -0.3 is 0 Å². The van der Waals surface area contributed by atoms with E-state index in [2.05, 4.69) is 47.4 Å². The summed E-state index contributed by atoms with van der Waals surface area (Å²) < 4.78 is 2.81. The number of nitrogens with zero attached hydrogens (tertiary/aromatic N) is 3. The van der Waals surface area contributed by atoms with Crippen LogP contribution in [-0.2, 0) is 6.54 Å². The lowest BCUT2D eigenvalue weighted by Gasteiger charge is -2.08. The van der Waals surface area contributed by atoms with E-state index in [0.717, 1.165) is 17.9 Å². The molecular weight excluding hydrogens is 268 g/mol. The molecule has 2 heterocycles. The van der Waals surface area contributed by atoms with E-state index in [0.29, 0.717) is 21.5 Å². The Morgan fingerprint density at radius 3 is 2.35 bits per heavy atom. The van der Waals surface area contributed by atoms with Gasteiger partial charge in [0.15, 0.2) is 10.6 Å². The summed E-state index contributed by atoms with van der Waals surface area (Å²) in [7, 11) is 0. The van der Waals surface area contributed by atoms with Crippen molar-refractivity contribution in [3.63, 3.8) is 0 Å². The highest BCUT2D eigenvalue weighted by atomic mass is 32.1. The molecular formula is C15H20N4S. The van der Waals surface area contributed by atoms with Gasteiger partial charge in [-0.2, -0.15) is 5.10 Å². The van der Waals surface area contributed by atoms with Gasteiger partial charge in [0.05, 0.1) is 0 Å². The first-order valence-electron chi connectivity index (χ1n) is 6.91. The van der Waals surface area contributed by atoms with Crippen molar-refractivity contribution in [1.29, 1.82) is 0 Å². The van der Waals surface area contributed by atoms with Gasteiger partial charge in [-0.3, -0.25) is 14.6 Å². The summed E-state index contributed by atoms with van der Waals surface area (Å²) >= 11 is 5.40. The molecule has 5 heteroatoms. The summed E-state index contributed by atoms with van der Waals surface area (Å²) in [6, 6.07) is 3.93. The average Bonchev–Trinajstić information content (AvgIpc) is 2.71. The summed E-state index contributed by atoms with van der Waals surface area (Å²) in [5.41, 5.74) is 1.73. The van der Waals surface area contributed by atoms with E-state index < -0.39 is 0 Å². The number of pyridine rings is 1. The number of hydrogen-bond acceptors (Lipinski definition) is 3. The van der Waals surface area contributed by atoms with E-state index in [-0.39, 0.29) is 0 Å². The number of H-pyrrole nitrogens is 1. The van der Waals surface area contributed by atoms with Gasteiger partial charge in [0, 0.05) is 24.5 Å². The Bertz CT molecular complexity index is 667. The summed E-state index contributed by atoms with van der Waals surface area (Å²) in [5.74, 6) is 1.51. The number of nitrogens with one attached hydrogen (secondary N) is 1. The molecule has 0 amide bonds. The molecule has 4 nitrogen and oxygen atoms in total. The molecule has 3 rings (SSSR count). The quantitative estimate of drug-likeness (QED) is 0.876. The predicted molar refractivity (Wildman–Crippen MR) is 81.7 cm³/mol. The van der Waals surface area contributed by atoms with Crippen LogP contribution in [0.2, 0.25) is 0 Å². The van der Waals surface area contributed by atoms with Crippen molar-refractivity contribution >= 4 is 12.2 Å². The van der Waals surface area contributed by atoms with E-state index in [1.165, 1.54) is 0 Å². The van der Waals surface area contributed by atoms with Gasteiger partial charge in [-0.1, -0.05) is 27.7 Å². The van der Waals surface area contributed by atoms with Gasteiger partial charge in [-0.05, 0) is 41.1 Å². The van der Waals surface area contributed by atoms with E-state index >= 15 is 0 Å². The minimum Gasteiger partial charge on any atom is -0.300 e. The number of aromatic amines is 1. The molecule has 106 valence electrons. The molecule has 2 aromatic heterocycles. The van der Waals surface area contributed by atoms with Crippen molar-refractivity contribution in [2.45, 2.75) is 34.2 Å². The largest absolute Gasteiger partial charge is 0.300 e. The summed E-state index contributed by atoms with van der Waals surface area (Å²) in [6.45, 7) is 10.2. The zero-order chi connectivity index (χ0) is 14.5. The van der Waals surface area contributed by atoms with Gasteiger partial charge in [0.2, 0.25) is 0 Å². The Balaban J connectivity index is 1.96. The van der Waals surface area contributed by atoms with Crippen LogP contribution in [-0.4, -0.2) is 19.7 Å². The maximum Gasteiger partial charge on any atom is 0.195 e. The summed E-state index contributed by atoms with van der Waals surface area (Å²) in [4.78, 5) is 4.05. The van der Waals surface area contributed by atoms with Crippen LogP contribution in [0.4, 0.5) is 0 Å². The Kier molecular flexibility index (Phi) is 2.87. The molecule has 0 saturated heterocycles. The first-order chi connectivity index (χ1) is 9.35.